The van der Waals surface area contributed by atoms with Crippen molar-refractivity contribution in [2.24, 2.45) is 0 Å². The number of aromatic nitrogens is 2. The molecule has 2 rings (SSSR count). The van der Waals surface area contributed by atoms with Gasteiger partial charge in [-0.05, 0) is 6.08 Å². The average Bonchev–Trinajstić information content (AvgIpc) is 3.02. The molecule has 6 nitrogen and oxygen atoms in total. The highest BCUT2D eigenvalue weighted by Gasteiger charge is 2.16. The summed E-state index contributed by atoms with van der Waals surface area (Å²) < 4.78 is 6.99. The first-order valence-corrected chi connectivity index (χ1v) is 7.26. The summed E-state index contributed by atoms with van der Waals surface area (Å²) >= 11 is 1.50. The molecule has 0 bridgehead atoms. The van der Waals surface area contributed by atoms with E-state index in [1.54, 1.807) is 19.3 Å². The number of rotatable bonds is 8. The smallest absolute Gasteiger partial charge is 0.328 e. The van der Waals surface area contributed by atoms with Gasteiger partial charge in [-0.15, -0.1) is 17.9 Å². The van der Waals surface area contributed by atoms with Crippen LogP contribution >= 0.6 is 11.3 Å². The summed E-state index contributed by atoms with van der Waals surface area (Å²) in [5, 5.41) is 10.8. The highest BCUT2D eigenvalue weighted by atomic mass is 32.1. The quantitative estimate of drug-likeness (QED) is 0.598. The molecule has 0 spiro atoms. The van der Waals surface area contributed by atoms with Gasteiger partial charge in [-0.1, -0.05) is 6.08 Å². The molecule has 2 aromatic rings. The molecule has 7 heteroatoms. The van der Waals surface area contributed by atoms with Crippen LogP contribution in [-0.2, 0) is 9.53 Å². The molecule has 0 saturated carbocycles. The number of carboxylic acids is 1. The first-order chi connectivity index (χ1) is 10.2. The maximum Gasteiger partial charge on any atom is 0.328 e. The van der Waals surface area contributed by atoms with Crippen LogP contribution < -0.4 is 4.90 Å². The molecule has 0 fully saturated rings. The lowest BCUT2D eigenvalue weighted by molar-refractivity contribution is -0.131. The Kier molecular flexibility index (Phi) is 5.13. The summed E-state index contributed by atoms with van der Waals surface area (Å²) in [5.74, 6) is -0.255. The van der Waals surface area contributed by atoms with Crippen LogP contribution in [0.1, 0.15) is 5.69 Å². The lowest BCUT2D eigenvalue weighted by atomic mass is 10.3. The Labute approximate surface area is 126 Å². The fourth-order valence-corrected chi connectivity index (χ4v) is 2.69. The number of fused-ring (bicyclic) bond motifs is 1. The number of methoxy groups -OCH3 is 1. The fraction of sp³-hybridized carbons (Fsp3) is 0.286. The van der Waals surface area contributed by atoms with Gasteiger partial charge < -0.3 is 14.7 Å². The molecule has 0 saturated heterocycles. The number of thiazole rings is 1. The van der Waals surface area contributed by atoms with Gasteiger partial charge in [-0.2, -0.15) is 0 Å². The molecule has 2 heterocycles. The van der Waals surface area contributed by atoms with E-state index >= 15 is 0 Å². The number of imidazole rings is 1. The normalized spacial score (nSPS) is 11.3. The monoisotopic (exact) mass is 307 g/mol. The molecule has 0 radical (unpaired) electrons. The third-order valence-electron chi connectivity index (χ3n) is 2.88. The molecular formula is C14H17N3O3S. The van der Waals surface area contributed by atoms with Crippen LogP contribution in [0.15, 0.2) is 30.3 Å². The summed E-state index contributed by atoms with van der Waals surface area (Å²) in [7, 11) is 1.64. The number of carboxylic acid groups (broad SMARTS) is 1. The Morgan fingerprint density at radius 2 is 2.48 bits per heavy atom. The van der Waals surface area contributed by atoms with E-state index in [4.69, 9.17) is 9.84 Å². The van der Waals surface area contributed by atoms with E-state index in [2.05, 4.69) is 11.6 Å². The van der Waals surface area contributed by atoms with Crippen LogP contribution in [0.5, 0.6) is 0 Å². The molecule has 0 aromatic carbocycles. The number of anilines is 1. The Morgan fingerprint density at radius 1 is 1.67 bits per heavy atom. The van der Waals surface area contributed by atoms with Gasteiger partial charge in [0.2, 0.25) is 0 Å². The number of hydrogen-bond donors (Lipinski definition) is 1. The number of carbonyl (C=O) groups is 1. The maximum atomic E-state index is 10.8. The number of ether oxygens (including phenoxy) is 1. The van der Waals surface area contributed by atoms with Crippen LogP contribution in [0.3, 0.4) is 0 Å². The standard InChI is InChI=1S/C14H17N3O3S/c1-3-6-16(7-9-20-2)13-11(4-5-12(18)19)17-8-10-21-14(17)15-13/h3-5,8,10H,1,6-7,9H2,2H3,(H,18,19)/b5-4+. The van der Waals surface area contributed by atoms with Crippen molar-refractivity contribution >= 4 is 34.2 Å². The summed E-state index contributed by atoms with van der Waals surface area (Å²) in [4.78, 5) is 18.2. The van der Waals surface area contributed by atoms with E-state index in [9.17, 15) is 4.79 Å². The minimum atomic E-state index is -0.988. The maximum absolute atomic E-state index is 10.8. The van der Waals surface area contributed by atoms with Gasteiger partial charge in [0.15, 0.2) is 10.8 Å². The predicted molar refractivity (Wildman–Crippen MR) is 84.0 cm³/mol. The highest BCUT2D eigenvalue weighted by molar-refractivity contribution is 7.15. The number of aliphatic carboxylic acids is 1. The third-order valence-corrected chi connectivity index (χ3v) is 3.63. The second kappa shape index (κ2) is 7.05. The van der Waals surface area contributed by atoms with E-state index in [-0.39, 0.29) is 0 Å². The lowest BCUT2D eigenvalue weighted by Crippen LogP contribution is -2.28. The van der Waals surface area contributed by atoms with Crippen molar-refractivity contribution in [3.63, 3.8) is 0 Å². The van der Waals surface area contributed by atoms with Crippen molar-refractivity contribution in [2.75, 3.05) is 31.7 Å². The SMILES string of the molecule is C=CCN(CCOC)c1nc2sccn2c1/C=C/C(=O)O. The van der Waals surface area contributed by atoms with Crippen LogP contribution in [0.4, 0.5) is 5.82 Å². The zero-order valence-corrected chi connectivity index (χ0v) is 12.5. The van der Waals surface area contributed by atoms with Gasteiger partial charge in [0, 0.05) is 37.9 Å². The van der Waals surface area contributed by atoms with E-state index in [0.29, 0.717) is 19.7 Å². The highest BCUT2D eigenvalue weighted by Crippen LogP contribution is 2.25. The second-order valence-corrected chi connectivity index (χ2v) is 5.15. The Balaban J connectivity index is 2.44. The summed E-state index contributed by atoms with van der Waals surface area (Å²) in [6.07, 6.45) is 6.34. The van der Waals surface area contributed by atoms with Crippen molar-refractivity contribution in [1.29, 1.82) is 0 Å². The first-order valence-electron chi connectivity index (χ1n) is 6.38. The molecule has 0 atom stereocenters. The lowest BCUT2D eigenvalue weighted by Gasteiger charge is -2.21. The fourth-order valence-electron chi connectivity index (χ4n) is 1.97. The molecule has 21 heavy (non-hydrogen) atoms. The summed E-state index contributed by atoms with van der Waals surface area (Å²) in [6.45, 7) is 5.58. The molecule has 0 aliphatic carbocycles. The van der Waals surface area contributed by atoms with Gasteiger partial charge in [0.25, 0.3) is 0 Å². The van der Waals surface area contributed by atoms with Crippen LogP contribution in [-0.4, -0.2) is 47.3 Å². The topological polar surface area (TPSA) is 67.1 Å². The van der Waals surface area contributed by atoms with Crippen molar-refractivity contribution < 1.29 is 14.6 Å². The van der Waals surface area contributed by atoms with Crippen LogP contribution in [0.2, 0.25) is 0 Å². The Hall–Kier alpha value is -2.12. The van der Waals surface area contributed by atoms with Crippen molar-refractivity contribution in [1.82, 2.24) is 9.38 Å². The minimum Gasteiger partial charge on any atom is -0.478 e. The molecular weight excluding hydrogens is 290 g/mol. The van der Waals surface area contributed by atoms with Gasteiger partial charge in [0.05, 0.1) is 12.3 Å². The largest absolute Gasteiger partial charge is 0.478 e. The average molecular weight is 307 g/mol. The minimum absolute atomic E-state index is 0.557. The predicted octanol–water partition coefficient (Wildman–Crippen LogP) is 2.13. The Morgan fingerprint density at radius 3 is 3.14 bits per heavy atom. The van der Waals surface area contributed by atoms with E-state index in [0.717, 1.165) is 22.5 Å². The van der Waals surface area contributed by atoms with E-state index in [1.807, 2.05) is 20.9 Å². The summed E-state index contributed by atoms with van der Waals surface area (Å²) in [5.41, 5.74) is 0.742. The van der Waals surface area contributed by atoms with Crippen molar-refractivity contribution in [3.05, 3.63) is 36.0 Å². The molecule has 0 amide bonds. The number of hydrogen-bond acceptors (Lipinski definition) is 5. The van der Waals surface area contributed by atoms with Crippen molar-refractivity contribution in [3.8, 4) is 0 Å². The van der Waals surface area contributed by atoms with Gasteiger partial charge in [0.1, 0.15) is 0 Å². The van der Waals surface area contributed by atoms with Gasteiger partial charge in [-0.25, -0.2) is 9.78 Å². The molecule has 2 aromatic heterocycles. The van der Waals surface area contributed by atoms with Crippen molar-refractivity contribution in [2.45, 2.75) is 0 Å². The molecule has 0 unspecified atom stereocenters. The zero-order valence-electron chi connectivity index (χ0n) is 11.7. The van der Waals surface area contributed by atoms with E-state index < -0.39 is 5.97 Å². The number of nitrogens with zero attached hydrogens (tertiary/aromatic N) is 3. The Bertz CT molecular complexity index is 660. The molecule has 0 aliphatic rings. The molecule has 0 aliphatic heterocycles. The molecule has 1 N–H and O–H groups in total. The second-order valence-electron chi connectivity index (χ2n) is 4.28. The summed E-state index contributed by atoms with van der Waals surface area (Å²) in [6, 6.07) is 0. The molecule has 112 valence electrons. The van der Waals surface area contributed by atoms with Crippen LogP contribution in [0.25, 0.3) is 11.0 Å². The first kappa shape index (κ1) is 15.3. The zero-order chi connectivity index (χ0) is 15.2. The van der Waals surface area contributed by atoms with Gasteiger partial charge >= 0.3 is 5.97 Å². The third kappa shape index (κ3) is 3.50. The van der Waals surface area contributed by atoms with E-state index in [1.165, 1.54) is 11.3 Å². The van der Waals surface area contributed by atoms with Gasteiger partial charge in [-0.3, -0.25) is 4.40 Å². The van der Waals surface area contributed by atoms with Crippen LogP contribution in [0, 0.1) is 0 Å².